The van der Waals surface area contributed by atoms with Crippen LogP contribution in [-0.4, -0.2) is 5.91 Å². The topological polar surface area (TPSA) is 56.0 Å². The van der Waals surface area contributed by atoms with Gasteiger partial charge in [-0.05, 0) is 29.8 Å². The molecule has 0 spiro atoms. The maximum absolute atomic E-state index is 11.8. The number of para-hydroxylation sites is 1. The van der Waals surface area contributed by atoms with Crippen LogP contribution in [0.25, 0.3) is 0 Å². The number of carbonyl (C=O) groups excluding carboxylic acids is 1. The van der Waals surface area contributed by atoms with E-state index in [1.54, 1.807) is 12.1 Å². The minimum absolute atomic E-state index is 0.0289. The molecule has 0 bridgehead atoms. The van der Waals surface area contributed by atoms with Crippen molar-refractivity contribution in [3.05, 3.63) is 64.6 Å². The first-order valence-corrected chi connectivity index (χ1v) is 5.30. The average molecular weight is 249 g/mol. The molecule has 86 valence electrons. The molecule has 1 aromatic carbocycles. The third kappa shape index (κ3) is 2.73. The molecule has 0 saturated carbocycles. The second-order valence-electron chi connectivity index (χ2n) is 3.39. The van der Waals surface area contributed by atoms with E-state index in [0.29, 0.717) is 10.4 Å². The quantitative estimate of drug-likeness (QED) is 0.503. The van der Waals surface area contributed by atoms with E-state index >= 15 is 0 Å². The fourth-order valence-corrected chi connectivity index (χ4v) is 1.43. The number of hydrogen-bond donors (Lipinski definition) is 1. The molecule has 2 aromatic rings. The number of carbonyl (C=O) groups is 1. The van der Waals surface area contributed by atoms with Gasteiger partial charge >= 0.3 is 0 Å². The minimum Gasteiger partial charge on any atom is -0.618 e. The largest absolute Gasteiger partial charge is 0.618 e. The fraction of sp³-hybridized carbons (Fsp3) is 0. The molecule has 0 unspecified atom stereocenters. The summed E-state index contributed by atoms with van der Waals surface area (Å²) >= 11 is 5.56. The average Bonchev–Trinajstić information content (AvgIpc) is 2.34. The molecule has 5 heteroatoms. The molecule has 0 aliphatic rings. The molecule has 1 N–H and O–H groups in total. The minimum atomic E-state index is -0.350. The predicted molar refractivity (Wildman–Crippen MR) is 64.8 cm³/mol. The van der Waals surface area contributed by atoms with Crippen molar-refractivity contribution < 1.29 is 9.52 Å². The number of nitrogens with zero attached hydrogens (tertiary/aromatic N) is 1. The molecular weight excluding hydrogens is 240 g/mol. The Morgan fingerprint density at radius 2 is 1.88 bits per heavy atom. The molecule has 0 aliphatic carbocycles. The second-order valence-corrected chi connectivity index (χ2v) is 3.77. The summed E-state index contributed by atoms with van der Waals surface area (Å²) < 4.78 is 0.446. The Labute approximate surface area is 103 Å². The zero-order chi connectivity index (χ0) is 12.3. The monoisotopic (exact) mass is 248 g/mol. The molecule has 1 amide bonds. The van der Waals surface area contributed by atoms with Crippen LogP contribution in [0.3, 0.4) is 0 Å². The summed E-state index contributed by atoms with van der Waals surface area (Å²) in [5.74, 6) is -0.350. The molecule has 2 rings (SSSR count). The highest BCUT2D eigenvalue weighted by Crippen LogP contribution is 2.09. The van der Waals surface area contributed by atoms with Gasteiger partial charge in [0.1, 0.15) is 5.56 Å². The molecular formula is C12H9ClN2O2. The number of rotatable bonds is 2. The van der Waals surface area contributed by atoms with Crippen molar-refractivity contribution in [1.82, 2.24) is 0 Å². The predicted octanol–water partition coefficient (Wildman–Crippen LogP) is 2.23. The highest BCUT2D eigenvalue weighted by atomic mass is 35.5. The van der Waals surface area contributed by atoms with Gasteiger partial charge in [0, 0.05) is 11.8 Å². The fourth-order valence-electron chi connectivity index (χ4n) is 1.32. The van der Waals surface area contributed by atoms with Crippen LogP contribution in [-0.2, 0) is 0 Å². The van der Waals surface area contributed by atoms with E-state index in [1.165, 1.54) is 12.1 Å². The highest BCUT2D eigenvalue weighted by Gasteiger charge is 2.11. The summed E-state index contributed by atoms with van der Waals surface area (Å²) in [5, 5.41) is 13.9. The van der Waals surface area contributed by atoms with Crippen molar-refractivity contribution in [3.8, 4) is 0 Å². The van der Waals surface area contributed by atoms with Gasteiger partial charge in [-0.1, -0.05) is 18.2 Å². The van der Waals surface area contributed by atoms with Gasteiger partial charge in [-0.2, -0.15) is 4.73 Å². The number of anilines is 1. The summed E-state index contributed by atoms with van der Waals surface area (Å²) in [7, 11) is 0. The van der Waals surface area contributed by atoms with Crippen LogP contribution in [0.1, 0.15) is 10.4 Å². The van der Waals surface area contributed by atoms with Gasteiger partial charge in [0.05, 0.1) is 0 Å². The standard InChI is InChI=1S/C12H9ClN2O2/c13-11-7-6-9(8-15(11)17)12(16)14-10-4-2-1-3-5-10/h1-8H,(H,14,16). The van der Waals surface area contributed by atoms with Crippen LogP contribution < -0.4 is 10.0 Å². The number of pyridine rings is 1. The molecule has 0 radical (unpaired) electrons. The number of amides is 1. The first-order chi connectivity index (χ1) is 8.16. The van der Waals surface area contributed by atoms with Crippen molar-refractivity contribution in [3.63, 3.8) is 0 Å². The highest BCUT2D eigenvalue weighted by molar-refractivity contribution is 6.28. The normalized spacial score (nSPS) is 9.94. The Kier molecular flexibility index (Phi) is 3.25. The molecule has 17 heavy (non-hydrogen) atoms. The van der Waals surface area contributed by atoms with Gasteiger partial charge in [-0.3, -0.25) is 4.79 Å². The molecule has 4 nitrogen and oxygen atoms in total. The molecule has 1 aromatic heterocycles. The van der Waals surface area contributed by atoms with Crippen LogP contribution >= 0.6 is 11.6 Å². The Balaban J connectivity index is 2.18. The lowest BCUT2D eigenvalue weighted by Crippen LogP contribution is -2.29. The maximum atomic E-state index is 11.8. The van der Waals surface area contributed by atoms with E-state index < -0.39 is 0 Å². The zero-order valence-corrected chi connectivity index (χ0v) is 9.52. The first kappa shape index (κ1) is 11.4. The molecule has 1 heterocycles. The van der Waals surface area contributed by atoms with E-state index in [2.05, 4.69) is 5.32 Å². The van der Waals surface area contributed by atoms with E-state index in [4.69, 9.17) is 11.6 Å². The van der Waals surface area contributed by atoms with Crippen LogP contribution in [0, 0.1) is 5.21 Å². The third-order valence-corrected chi connectivity index (χ3v) is 2.45. The summed E-state index contributed by atoms with van der Waals surface area (Å²) in [6.07, 6.45) is 1.14. The van der Waals surface area contributed by atoms with Crippen molar-refractivity contribution >= 4 is 23.2 Å². The van der Waals surface area contributed by atoms with Gasteiger partial charge in [-0.15, -0.1) is 0 Å². The van der Waals surface area contributed by atoms with Gasteiger partial charge in [0.25, 0.3) is 11.1 Å². The van der Waals surface area contributed by atoms with E-state index in [9.17, 15) is 10.0 Å². The van der Waals surface area contributed by atoms with Crippen LogP contribution in [0.4, 0.5) is 5.69 Å². The number of hydrogen-bond acceptors (Lipinski definition) is 2. The molecule has 0 fully saturated rings. The van der Waals surface area contributed by atoms with Crippen LogP contribution in [0.15, 0.2) is 48.7 Å². The molecule has 0 aliphatic heterocycles. The summed E-state index contributed by atoms with van der Waals surface area (Å²) in [4.78, 5) is 11.8. The maximum Gasteiger partial charge on any atom is 0.286 e. The Bertz CT molecular complexity index is 543. The Morgan fingerprint density at radius 3 is 2.53 bits per heavy atom. The molecule has 0 saturated heterocycles. The Morgan fingerprint density at radius 1 is 1.18 bits per heavy atom. The summed E-state index contributed by atoms with van der Waals surface area (Å²) in [5.41, 5.74) is 0.929. The van der Waals surface area contributed by atoms with Gasteiger partial charge in [-0.25, -0.2) is 0 Å². The lowest BCUT2D eigenvalue weighted by Gasteiger charge is -2.05. The number of nitrogens with one attached hydrogen (secondary N) is 1. The van der Waals surface area contributed by atoms with Gasteiger partial charge in [0.15, 0.2) is 6.20 Å². The van der Waals surface area contributed by atoms with Crippen molar-refractivity contribution in [2.24, 2.45) is 0 Å². The SMILES string of the molecule is O=C(Nc1ccccc1)c1ccc(Cl)[n+]([O-])c1. The number of aromatic nitrogens is 1. The molecule has 0 atom stereocenters. The van der Waals surface area contributed by atoms with Crippen molar-refractivity contribution in [1.29, 1.82) is 0 Å². The van der Waals surface area contributed by atoms with Crippen LogP contribution in [0.2, 0.25) is 5.15 Å². The lowest BCUT2D eigenvalue weighted by molar-refractivity contribution is -0.603. The van der Waals surface area contributed by atoms with Crippen LogP contribution in [0.5, 0.6) is 0 Å². The second kappa shape index (κ2) is 4.84. The van der Waals surface area contributed by atoms with Crippen molar-refractivity contribution in [2.75, 3.05) is 5.32 Å². The van der Waals surface area contributed by atoms with E-state index in [0.717, 1.165) is 6.20 Å². The Hall–Kier alpha value is -2.07. The first-order valence-electron chi connectivity index (χ1n) is 4.92. The summed E-state index contributed by atoms with van der Waals surface area (Å²) in [6.45, 7) is 0. The van der Waals surface area contributed by atoms with E-state index in [1.807, 2.05) is 18.2 Å². The number of halogens is 1. The smallest absolute Gasteiger partial charge is 0.286 e. The van der Waals surface area contributed by atoms with Gasteiger partial charge in [0.2, 0.25) is 0 Å². The zero-order valence-electron chi connectivity index (χ0n) is 8.76. The summed E-state index contributed by atoms with van der Waals surface area (Å²) in [6, 6.07) is 11.9. The van der Waals surface area contributed by atoms with Gasteiger partial charge < -0.3 is 10.5 Å². The van der Waals surface area contributed by atoms with E-state index in [-0.39, 0.29) is 16.6 Å². The van der Waals surface area contributed by atoms with Crippen molar-refractivity contribution in [2.45, 2.75) is 0 Å². The lowest BCUT2D eigenvalue weighted by atomic mass is 10.2. The third-order valence-electron chi connectivity index (χ3n) is 2.16. The number of benzene rings is 1.